The Bertz CT molecular complexity index is 1640. The van der Waals surface area contributed by atoms with Gasteiger partial charge in [-0.1, -0.05) is 23.7 Å². The van der Waals surface area contributed by atoms with Crippen molar-refractivity contribution in [2.24, 2.45) is 0 Å². The molecule has 16 heteroatoms. The zero-order chi connectivity index (χ0) is 31.2. The third-order valence-corrected chi connectivity index (χ3v) is 6.56. The molecule has 2 aliphatic rings. The molecule has 3 aromatic carbocycles. The second-order valence-corrected chi connectivity index (χ2v) is 11.4. The first-order valence-corrected chi connectivity index (χ1v) is 13.9. The Kier molecular flexibility index (Phi) is 8.25. The maximum absolute atomic E-state index is 14.3. The molecule has 5 rings (SSSR count). The molecule has 2 heterocycles. The van der Waals surface area contributed by atoms with Crippen molar-refractivity contribution < 1.29 is 44.6 Å². The molecule has 1 atom stereocenters. The summed E-state index contributed by atoms with van der Waals surface area (Å²) >= 11 is 6.35. The number of carbonyl (C=O) groups is 1. The predicted octanol–water partition coefficient (Wildman–Crippen LogP) is 6.35. The van der Waals surface area contributed by atoms with Crippen molar-refractivity contribution in [3.8, 4) is 5.75 Å². The molecule has 3 aromatic rings. The van der Waals surface area contributed by atoms with Crippen LogP contribution in [-0.2, 0) is 23.0 Å². The van der Waals surface area contributed by atoms with Gasteiger partial charge in [0.25, 0.3) is 5.91 Å². The van der Waals surface area contributed by atoms with Crippen LogP contribution in [0.25, 0.3) is 0 Å². The number of ether oxygens (including phenoxy) is 1. The van der Waals surface area contributed by atoms with Crippen molar-refractivity contribution in [1.29, 1.82) is 0 Å². The van der Waals surface area contributed by atoms with Gasteiger partial charge < -0.3 is 26.0 Å². The van der Waals surface area contributed by atoms with Crippen molar-refractivity contribution in [2.45, 2.75) is 45.3 Å². The molecule has 0 radical (unpaired) electrons. The Morgan fingerprint density at radius 2 is 1.81 bits per heavy atom. The zero-order valence-corrected chi connectivity index (χ0v) is 23.7. The molecule has 0 aromatic heterocycles. The minimum absolute atomic E-state index is 0.0695. The summed E-state index contributed by atoms with van der Waals surface area (Å²) < 4.78 is 91.4. The number of aryl methyl sites for hydroxylation is 1. The third-order valence-electron chi connectivity index (χ3n) is 6.25. The number of rotatable bonds is 4. The van der Waals surface area contributed by atoms with Crippen LogP contribution in [0.15, 0.2) is 42.5 Å². The summed E-state index contributed by atoms with van der Waals surface area (Å²) in [6.07, 6.45) is -4.69. The minimum atomic E-state index is -4.69. The van der Waals surface area contributed by atoms with Crippen molar-refractivity contribution >= 4 is 50.7 Å². The fourth-order valence-corrected chi connectivity index (χ4v) is 4.82. The van der Waals surface area contributed by atoms with E-state index in [-0.39, 0.29) is 11.3 Å². The van der Waals surface area contributed by atoms with E-state index in [0.717, 1.165) is 22.5 Å². The van der Waals surface area contributed by atoms with Gasteiger partial charge in [0, 0.05) is 12.0 Å². The van der Waals surface area contributed by atoms with Crippen LogP contribution < -0.4 is 26.0 Å². The average Bonchev–Trinajstić information content (AvgIpc) is 3.39. The number of fused-ring (bicyclic) bond motifs is 3. The molecule has 0 saturated carbocycles. The number of amides is 1. The molecule has 1 amide bonds. The number of nitrogens with one attached hydrogen (secondary N) is 4. The summed E-state index contributed by atoms with van der Waals surface area (Å²) in [6.45, 7) is 5.64. The lowest BCUT2D eigenvalue weighted by Gasteiger charge is -2.19. The Labute approximate surface area is 243 Å². The zero-order valence-electron chi connectivity index (χ0n) is 22.2. The van der Waals surface area contributed by atoms with Gasteiger partial charge in [-0.2, -0.15) is 21.6 Å². The van der Waals surface area contributed by atoms with Crippen LogP contribution in [0.3, 0.4) is 0 Å². The van der Waals surface area contributed by atoms with E-state index in [1.807, 2.05) is 32.9 Å². The fourth-order valence-electron chi connectivity index (χ4n) is 4.55. The summed E-state index contributed by atoms with van der Waals surface area (Å²) in [5.74, 6) is -1.49. The van der Waals surface area contributed by atoms with E-state index in [1.165, 1.54) is 6.07 Å². The van der Waals surface area contributed by atoms with Crippen molar-refractivity contribution in [3.05, 3.63) is 75.6 Å². The van der Waals surface area contributed by atoms with Gasteiger partial charge >= 0.3 is 16.6 Å². The van der Waals surface area contributed by atoms with E-state index in [2.05, 4.69) is 21.3 Å². The highest BCUT2D eigenvalue weighted by atomic mass is 35.5. The second-order valence-electron chi connectivity index (χ2n) is 10.1. The van der Waals surface area contributed by atoms with E-state index in [1.54, 1.807) is 6.07 Å². The predicted molar refractivity (Wildman–Crippen MR) is 149 cm³/mol. The van der Waals surface area contributed by atoms with Crippen molar-refractivity contribution in [2.75, 3.05) is 21.3 Å². The van der Waals surface area contributed by atoms with Crippen LogP contribution in [0.2, 0.25) is 5.02 Å². The summed E-state index contributed by atoms with van der Waals surface area (Å²) in [6, 6.07) is 8.91. The molecule has 0 spiro atoms. The number of benzene rings is 3. The topological polar surface area (TPSA) is 149 Å². The highest BCUT2D eigenvalue weighted by Gasteiger charge is 2.39. The van der Waals surface area contributed by atoms with Gasteiger partial charge in [-0.15, -0.1) is 0 Å². The van der Waals surface area contributed by atoms with Crippen LogP contribution in [0.4, 0.5) is 40.3 Å². The lowest BCUT2D eigenvalue weighted by molar-refractivity contribution is -0.137. The number of halogens is 5. The van der Waals surface area contributed by atoms with Gasteiger partial charge in [0.1, 0.15) is 17.2 Å². The molecule has 1 unspecified atom stereocenters. The van der Waals surface area contributed by atoms with Gasteiger partial charge in [-0.05, 0) is 56.7 Å². The number of hydrogen-bond acceptors (Lipinski definition) is 7. The van der Waals surface area contributed by atoms with Crippen LogP contribution >= 0.6 is 11.6 Å². The maximum Gasteiger partial charge on any atom is 0.416 e. The molecule has 0 fully saturated rings. The Balaban J connectivity index is 0.000000748. The van der Waals surface area contributed by atoms with Crippen LogP contribution in [0.5, 0.6) is 5.75 Å². The summed E-state index contributed by atoms with van der Waals surface area (Å²) in [5.41, 5.74) is 1.48. The second kappa shape index (κ2) is 11.1. The lowest BCUT2D eigenvalue weighted by Crippen LogP contribution is -2.32. The Hall–Kier alpha value is -3.79. The highest BCUT2D eigenvalue weighted by molar-refractivity contribution is 7.79. The Morgan fingerprint density at radius 1 is 1.14 bits per heavy atom. The van der Waals surface area contributed by atoms with Crippen molar-refractivity contribution in [1.82, 2.24) is 0 Å². The fraction of sp³-hybridized carbons (Fsp3) is 0.269. The van der Waals surface area contributed by atoms with E-state index >= 15 is 0 Å². The molecule has 6 N–H and O–H groups in total. The molecule has 10 nitrogen and oxygen atoms in total. The molecular formula is C26H25ClF4N4O6S. The van der Waals surface area contributed by atoms with Crippen LogP contribution in [0, 0.1) is 12.7 Å². The van der Waals surface area contributed by atoms with Crippen LogP contribution in [-0.4, -0.2) is 35.3 Å². The minimum Gasteiger partial charge on any atom is -0.486 e. The van der Waals surface area contributed by atoms with E-state index in [9.17, 15) is 22.4 Å². The molecule has 42 heavy (non-hydrogen) atoms. The number of carbonyl (C=O) groups excluding carboxylic acids is 1. The Morgan fingerprint density at radius 3 is 2.43 bits per heavy atom. The van der Waals surface area contributed by atoms with Gasteiger partial charge in [0.15, 0.2) is 6.29 Å². The van der Waals surface area contributed by atoms with Gasteiger partial charge in [0.2, 0.25) is 0 Å². The molecule has 0 saturated heterocycles. The normalized spacial score (nSPS) is 16.6. The standard InChI is InChI=1S/C26H23ClF4N4O2.H2O4S/c1-12-5-4-6-16(27)20(12)34-24-33-19-10-14(22-15(21(19)35-24)11-25(2,3)37-22)23(36)32-18-9-13(26(29,30)31)7-8-17(18)28;1-5(2,3)4/h4-10,24,33-35H,11H2,1-3H3,(H,32,36);(H2,1,2,3,4). The van der Waals surface area contributed by atoms with Crippen LogP contribution in [0.1, 0.15) is 40.9 Å². The number of hydrogen-bond donors (Lipinski definition) is 6. The molecule has 0 aliphatic carbocycles. The quantitative estimate of drug-likeness (QED) is 0.143. The van der Waals surface area contributed by atoms with E-state index < -0.39 is 51.4 Å². The summed E-state index contributed by atoms with van der Waals surface area (Å²) in [4.78, 5) is 13.2. The molecule has 226 valence electrons. The monoisotopic (exact) mass is 632 g/mol. The van der Waals surface area contributed by atoms with E-state index in [0.29, 0.717) is 35.3 Å². The summed E-state index contributed by atoms with van der Waals surface area (Å²) in [7, 11) is -4.67. The lowest BCUT2D eigenvalue weighted by atomic mass is 9.97. The van der Waals surface area contributed by atoms with Gasteiger partial charge in [0.05, 0.1) is 38.9 Å². The van der Waals surface area contributed by atoms with Gasteiger partial charge in [-0.25, -0.2) is 4.39 Å². The molecular weight excluding hydrogens is 608 g/mol. The third kappa shape index (κ3) is 7.15. The van der Waals surface area contributed by atoms with Crippen molar-refractivity contribution in [3.63, 3.8) is 0 Å². The molecule has 2 aliphatic heterocycles. The largest absolute Gasteiger partial charge is 0.486 e. The average molecular weight is 633 g/mol. The van der Waals surface area contributed by atoms with Gasteiger partial charge in [-0.3, -0.25) is 13.9 Å². The SMILES string of the molecule is Cc1cccc(Cl)c1NC1Nc2cc(C(=O)Nc3cc(C(F)(F)F)ccc3F)c3c(c2N1)CC(C)(C)O3.O=S(=O)(O)O. The van der Waals surface area contributed by atoms with E-state index in [4.69, 9.17) is 33.9 Å². The summed E-state index contributed by atoms with van der Waals surface area (Å²) in [5, 5.41) is 12.7. The maximum atomic E-state index is 14.3. The first-order valence-electron chi connectivity index (χ1n) is 12.1. The first-order chi connectivity index (χ1) is 19.3. The highest BCUT2D eigenvalue weighted by Crippen LogP contribution is 2.48. The smallest absolute Gasteiger partial charge is 0.416 e. The number of anilines is 4. The number of alkyl halides is 3. The molecule has 0 bridgehead atoms. The first kappa shape index (κ1) is 31.2. The number of para-hydroxylation sites is 1.